The van der Waals surface area contributed by atoms with E-state index in [1.54, 1.807) is 24.3 Å². The van der Waals surface area contributed by atoms with Crippen LogP contribution in [0.1, 0.15) is 20.9 Å². The van der Waals surface area contributed by atoms with E-state index in [0.717, 1.165) is 0 Å². The number of Topliss-reactive ketones (excluding diaryl/α,β-unsaturated/α-hetero) is 2. The van der Waals surface area contributed by atoms with Crippen LogP contribution in [0, 0.1) is 0 Å². The van der Waals surface area contributed by atoms with Crippen molar-refractivity contribution < 1.29 is 18.7 Å². The summed E-state index contributed by atoms with van der Waals surface area (Å²) < 4.78 is 10.7. The van der Waals surface area contributed by atoms with E-state index < -0.39 is 11.6 Å². The monoisotopic (exact) mass is 308 g/mol. The molecule has 0 N–H and O–H groups in total. The highest BCUT2D eigenvalue weighted by atomic mass is 79.9. The largest absolute Gasteiger partial charge is 0.496 e. The molecule has 0 aliphatic carbocycles. The lowest BCUT2D eigenvalue weighted by Gasteiger charge is -2.06. The third-order valence-electron chi connectivity index (χ3n) is 2.36. The van der Waals surface area contributed by atoms with E-state index in [4.69, 9.17) is 9.15 Å². The predicted octanol–water partition coefficient (Wildman–Crippen LogP) is 3.12. The molecule has 0 radical (unpaired) electrons. The highest BCUT2D eigenvalue weighted by Crippen LogP contribution is 2.24. The van der Waals surface area contributed by atoms with Gasteiger partial charge < -0.3 is 9.15 Å². The molecule has 92 valence electrons. The van der Waals surface area contributed by atoms with Crippen LogP contribution in [-0.2, 0) is 0 Å². The van der Waals surface area contributed by atoms with E-state index in [-0.39, 0.29) is 11.3 Å². The first kappa shape index (κ1) is 12.6. The Morgan fingerprint density at radius 3 is 2.61 bits per heavy atom. The Labute approximate surface area is 112 Å². The van der Waals surface area contributed by atoms with Crippen molar-refractivity contribution >= 4 is 27.5 Å². The van der Waals surface area contributed by atoms with Gasteiger partial charge in [0.2, 0.25) is 5.78 Å². The average Bonchev–Trinajstić information content (AvgIpc) is 2.90. The number of halogens is 1. The van der Waals surface area contributed by atoms with E-state index in [9.17, 15) is 9.59 Å². The van der Waals surface area contributed by atoms with E-state index in [0.29, 0.717) is 10.2 Å². The van der Waals surface area contributed by atoms with Gasteiger partial charge in [0.05, 0.1) is 18.9 Å². The van der Waals surface area contributed by atoms with Crippen molar-refractivity contribution in [2.45, 2.75) is 0 Å². The molecule has 0 aliphatic heterocycles. The molecule has 0 atom stereocenters. The average molecular weight is 309 g/mol. The van der Waals surface area contributed by atoms with E-state index >= 15 is 0 Å². The van der Waals surface area contributed by atoms with Gasteiger partial charge in [0.25, 0.3) is 5.78 Å². The Hall–Kier alpha value is -1.88. The number of hydrogen-bond donors (Lipinski definition) is 0. The molecule has 0 saturated heterocycles. The van der Waals surface area contributed by atoms with Gasteiger partial charge in [-0.3, -0.25) is 9.59 Å². The number of ketones is 2. The molecule has 0 unspecified atom stereocenters. The molecule has 0 saturated carbocycles. The van der Waals surface area contributed by atoms with Gasteiger partial charge in [-0.05, 0) is 30.3 Å². The number of rotatable bonds is 4. The molecule has 0 bridgehead atoms. The first-order valence-corrected chi connectivity index (χ1v) is 5.89. The Kier molecular flexibility index (Phi) is 3.62. The maximum absolute atomic E-state index is 12.1. The predicted molar refractivity (Wildman–Crippen MR) is 68.1 cm³/mol. The van der Waals surface area contributed by atoms with Crippen LogP contribution < -0.4 is 4.74 Å². The number of carbonyl (C=O) groups excluding carboxylic acids is 2. The third kappa shape index (κ3) is 2.36. The standard InChI is InChI=1S/C13H9BrO4/c1-17-10-5-4-8(14)7-9(10)12(15)13(16)11-3-2-6-18-11/h2-7H,1H3. The second kappa shape index (κ2) is 5.18. The van der Waals surface area contributed by atoms with Gasteiger partial charge in [0.1, 0.15) is 5.75 Å². The van der Waals surface area contributed by atoms with Crippen LogP contribution in [0.25, 0.3) is 0 Å². The van der Waals surface area contributed by atoms with Gasteiger partial charge in [-0.2, -0.15) is 0 Å². The minimum Gasteiger partial charge on any atom is -0.496 e. The van der Waals surface area contributed by atoms with E-state index in [2.05, 4.69) is 15.9 Å². The topological polar surface area (TPSA) is 56.5 Å². The summed E-state index contributed by atoms with van der Waals surface area (Å²) in [5.74, 6) is -0.996. The summed E-state index contributed by atoms with van der Waals surface area (Å²) in [5.41, 5.74) is 0.202. The Morgan fingerprint density at radius 1 is 1.22 bits per heavy atom. The van der Waals surface area contributed by atoms with Crippen molar-refractivity contribution in [2.75, 3.05) is 7.11 Å². The van der Waals surface area contributed by atoms with Crippen LogP contribution in [0.4, 0.5) is 0 Å². The molecule has 4 nitrogen and oxygen atoms in total. The number of furan rings is 1. The smallest absolute Gasteiger partial charge is 0.268 e. The van der Waals surface area contributed by atoms with Crippen LogP contribution in [0.15, 0.2) is 45.5 Å². The molecule has 18 heavy (non-hydrogen) atoms. The van der Waals surface area contributed by atoms with Gasteiger partial charge in [-0.1, -0.05) is 15.9 Å². The van der Waals surface area contributed by atoms with Crippen molar-refractivity contribution in [3.05, 3.63) is 52.4 Å². The first-order chi connectivity index (χ1) is 8.63. The number of methoxy groups -OCH3 is 1. The Morgan fingerprint density at radius 2 is 2.00 bits per heavy atom. The second-order valence-electron chi connectivity index (χ2n) is 3.48. The van der Waals surface area contributed by atoms with Crippen LogP contribution in [0.5, 0.6) is 5.75 Å². The molecule has 0 amide bonds. The van der Waals surface area contributed by atoms with Gasteiger partial charge >= 0.3 is 0 Å². The summed E-state index contributed by atoms with van der Waals surface area (Å²) in [6.07, 6.45) is 1.35. The highest BCUT2D eigenvalue weighted by molar-refractivity contribution is 9.10. The first-order valence-electron chi connectivity index (χ1n) is 5.09. The van der Waals surface area contributed by atoms with Crippen molar-refractivity contribution in [1.29, 1.82) is 0 Å². The summed E-state index contributed by atoms with van der Waals surface area (Å²) in [4.78, 5) is 23.9. The second-order valence-corrected chi connectivity index (χ2v) is 4.40. The fourth-order valence-corrected chi connectivity index (χ4v) is 1.86. The van der Waals surface area contributed by atoms with Gasteiger partial charge in [0.15, 0.2) is 5.76 Å². The van der Waals surface area contributed by atoms with Gasteiger partial charge in [-0.15, -0.1) is 0 Å². The molecule has 0 spiro atoms. The lowest BCUT2D eigenvalue weighted by molar-refractivity contribution is 0.0799. The van der Waals surface area contributed by atoms with Crippen LogP contribution in [0.3, 0.4) is 0 Å². The Bertz CT molecular complexity index is 587. The molecule has 1 aromatic heterocycles. The normalized spacial score (nSPS) is 10.1. The molecule has 1 heterocycles. The maximum atomic E-state index is 12.1. The summed E-state index contributed by atoms with van der Waals surface area (Å²) >= 11 is 3.25. The number of benzene rings is 1. The SMILES string of the molecule is COc1ccc(Br)cc1C(=O)C(=O)c1ccco1. The van der Waals surface area contributed by atoms with E-state index in [1.807, 2.05) is 0 Å². The number of ether oxygens (including phenoxy) is 1. The molecule has 2 rings (SSSR count). The van der Waals surface area contributed by atoms with E-state index in [1.165, 1.54) is 19.4 Å². The number of hydrogen-bond acceptors (Lipinski definition) is 4. The van der Waals surface area contributed by atoms with Crippen molar-refractivity contribution in [3.63, 3.8) is 0 Å². The molecule has 1 aromatic carbocycles. The zero-order valence-electron chi connectivity index (χ0n) is 9.48. The molecule has 5 heteroatoms. The van der Waals surface area contributed by atoms with Crippen LogP contribution in [-0.4, -0.2) is 18.7 Å². The molecular formula is C13H9BrO4. The minimum atomic E-state index is -0.698. The minimum absolute atomic E-state index is 0.0158. The van der Waals surface area contributed by atoms with Gasteiger partial charge in [-0.25, -0.2) is 0 Å². The summed E-state index contributed by atoms with van der Waals surface area (Å²) in [6, 6.07) is 7.89. The molecule has 2 aromatic rings. The fourth-order valence-electron chi connectivity index (χ4n) is 1.50. The maximum Gasteiger partial charge on any atom is 0.268 e. The summed E-state index contributed by atoms with van der Waals surface area (Å²) in [6.45, 7) is 0. The molecular weight excluding hydrogens is 300 g/mol. The van der Waals surface area contributed by atoms with Crippen molar-refractivity contribution in [2.24, 2.45) is 0 Å². The van der Waals surface area contributed by atoms with Crippen molar-refractivity contribution in [3.8, 4) is 5.75 Å². The lowest BCUT2D eigenvalue weighted by atomic mass is 10.1. The fraction of sp³-hybridized carbons (Fsp3) is 0.0769. The highest BCUT2D eigenvalue weighted by Gasteiger charge is 2.23. The molecule has 0 fully saturated rings. The zero-order valence-corrected chi connectivity index (χ0v) is 11.1. The van der Waals surface area contributed by atoms with Crippen LogP contribution in [0.2, 0.25) is 0 Å². The number of carbonyl (C=O) groups is 2. The van der Waals surface area contributed by atoms with Crippen LogP contribution >= 0.6 is 15.9 Å². The zero-order chi connectivity index (χ0) is 13.1. The summed E-state index contributed by atoms with van der Waals surface area (Å²) in [7, 11) is 1.44. The quantitative estimate of drug-likeness (QED) is 0.643. The summed E-state index contributed by atoms with van der Waals surface area (Å²) in [5, 5.41) is 0. The third-order valence-corrected chi connectivity index (χ3v) is 2.85. The van der Waals surface area contributed by atoms with Gasteiger partial charge in [0, 0.05) is 4.47 Å². The molecule has 0 aliphatic rings. The van der Waals surface area contributed by atoms with Crippen molar-refractivity contribution in [1.82, 2.24) is 0 Å². The lowest BCUT2D eigenvalue weighted by Crippen LogP contribution is -2.14. The Balaban J connectivity index is 2.40.